The van der Waals surface area contributed by atoms with Crippen molar-refractivity contribution < 1.29 is 0 Å². The summed E-state index contributed by atoms with van der Waals surface area (Å²) in [5.41, 5.74) is 0. The van der Waals surface area contributed by atoms with Gasteiger partial charge in [-0.2, -0.15) is 0 Å². The summed E-state index contributed by atoms with van der Waals surface area (Å²) in [7, 11) is -0.437. The summed E-state index contributed by atoms with van der Waals surface area (Å²) in [6.45, 7) is 6.91. The summed E-state index contributed by atoms with van der Waals surface area (Å²) in [5.74, 6) is 2.91. The van der Waals surface area contributed by atoms with Crippen LogP contribution in [0.4, 0.5) is 0 Å². The molecule has 0 rings (SSSR count). The number of unbranched alkanes of at least 4 members (excludes halogenated alkanes) is 6. The lowest BCUT2D eigenvalue weighted by Crippen LogP contribution is -2.05. The first-order valence-corrected chi connectivity index (χ1v) is 10.5. The average Bonchev–Trinajstić information content (AvgIpc) is 2.38. The van der Waals surface area contributed by atoms with E-state index in [0.717, 1.165) is 0 Å². The van der Waals surface area contributed by atoms with E-state index in [9.17, 15) is 0 Å². The molecule has 0 nitrogen and oxygen atoms in total. The van der Waals surface area contributed by atoms with Gasteiger partial charge in [-0.05, 0) is 43.4 Å². The highest BCUT2D eigenvalue weighted by atomic mass is 32.3. The van der Waals surface area contributed by atoms with E-state index in [1.807, 2.05) is 0 Å². The largest absolute Gasteiger partial charge is 0.224 e. The summed E-state index contributed by atoms with van der Waals surface area (Å²) < 4.78 is 0. The van der Waals surface area contributed by atoms with Crippen LogP contribution >= 0.6 is 10.0 Å². The van der Waals surface area contributed by atoms with Gasteiger partial charge in [-0.1, -0.05) is 64.4 Å². The maximum Gasteiger partial charge on any atom is -0.0196 e. The van der Waals surface area contributed by atoms with Crippen molar-refractivity contribution in [1.29, 1.82) is 0 Å². The van der Waals surface area contributed by atoms with Gasteiger partial charge in [0, 0.05) is 0 Å². The van der Waals surface area contributed by atoms with Crippen LogP contribution in [0.3, 0.4) is 0 Å². The van der Waals surface area contributed by atoms with Crippen molar-refractivity contribution in [3.8, 4) is 0 Å². The molecular formula is C17H36S. The molecule has 0 N–H and O–H groups in total. The lowest BCUT2D eigenvalue weighted by Gasteiger charge is -2.32. The van der Waals surface area contributed by atoms with Crippen LogP contribution in [0.15, 0.2) is 11.5 Å². The monoisotopic (exact) mass is 272 g/mol. The highest BCUT2D eigenvalue weighted by Gasteiger charge is 2.12. The van der Waals surface area contributed by atoms with Gasteiger partial charge in [0.15, 0.2) is 0 Å². The molecule has 0 radical (unpaired) electrons. The van der Waals surface area contributed by atoms with E-state index in [0.29, 0.717) is 0 Å². The van der Waals surface area contributed by atoms with Crippen molar-refractivity contribution in [2.24, 2.45) is 0 Å². The summed E-state index contributed by atoms with van der Waals surface area (Å²) in [4.78, 5) is 0. The highest BCUT2D eigenvalue weighted by molar-refractivity contribution is 8.35. The van der Waals surface area contributed by atoms with E-state index in [4.69, 9.17) is 0 Å². The molecule has 0 aromatic heterocycles. The Balaban J connectivity index is 4.00. The molecule has 18 heavy (non-hydrogen) atoms. The van der Waals surface area contributed by atoms with Gasteiger partial charge < -0.3 is 0 Å². The maximum atomic E-state index is 2.62. The van der Waals surface area contributed by atoms with E-state index >= 15 is 0 Å². The molecule has 0 aliphatic heterocycles. The normalized spacial score (nSPS) is 13.3. The predicted molar refractivity (Wildman–Crippen MR) is 91.0 cm³/mol. The van der Waals surface area contributed by atoms with E-state index < -0.39 is 10.0 Å². The van der Waals surface area contributed by atoms with Gasteiger partial charge in [0.1, 0.15) is 0 Å². The summed E-state index contributed by atoms with van der Waals surface area (Å²) >= 11 is 0. The zero-order chi connectivity index (χ0) is 13.7. The fraction of sp³-hybridized carbons (Fsp3) is 0.882. The predicted octanol–water partition coefficient (Wildman–Crippen LogP) is 6.51. The van der Waals surface area contributed by atoms with Gasteiger partial charge in [0.05, 0.1) is 0 Å². The van der Waals surface area contributed by atoms with Crippen molar-refractivity contribution in [3.63, 3.8) is 0 Å². The molecule has 1 heteroatoms. The van der Waals surface area contributed by atoms with Crippen LogP contribution in [0.2, 0.25) is 0 Å². The topological polar surface area (TPSA) is 0 Å². The Labute approximate surface area is 118 Å². The second-order valence-corrected chi connectivity index (χ2v) is 9.48. The van der Waals surface area contributed by atoms with Crippen LogP contribution in [-0.4, -0.2) is 17.8 Å². The van der Waals surface area contributed by atoms with Crippen LogP contribution in [0.1, 0.15) is 78.6 Å². The molecule has 0 bridgehead atoms. The van der Waals surface area contributed by atoms with Crippen molar-refractivity contribution >= 4 is 10.0 Å². The second kappa shape index (κ2) is 12.1. The van der Waals surface area contributed by atoms with Gasteiger partial charge in [-0.15, -0.1) is 0 Å². The Morgan fingerprint density at radius 3 is 1.78 bits per heavy atom. The Kier molecular flexibility index (Phi) is 12.2. The maximum absolute atomic E-state index is 2.62. The summed E-state index contributed by atoms with van der Waals surface area (Å²) in [6.07, 6.45) is 17.4. The average molecular weight is 273 g/mol. The number of rotatable bonds is 12. The zero-order valence-corrected chi connectivity index (χ0v) is 14.2. The van der Waals surface area contributed by atoms with Crippen LogP contribution in [0.5, 0.6) is 0 Å². The standard InChI is InChI=1S/C17H36S/c1-5-8-11-12-13-14-17-18(4,15-9-6-2)16-10-7-3/h14,17H,5-13,15-16H2,1-4H3/b17-14+. The van der Waals surface area contributed by atoms with Crippen molar-refractivity contribution in [2.75, 3.05) is 17.8 Å². The third kappa shape index (κ3) is 10.1. The Morgan fingerprint density at radius 1 is 0.722 bits per heavy atom. The minimum absolute atomic E-state index is 0.437. The number of hydrogen-bond donors (Lipinski definition) is 0. The Morgan fingerprint density at radius 2 is 1.28 bits per heavy atom. The van der Waals surface area contributed by atoms with Gasteiger partial charge in [0.2, 0.25) is 0 Å². The third-order valence-electron chi connectivity index (χ3n) is 3.58. The van der Waals surface area contributed by atoms with E-state index in [1.54, 1.807) is 0 Å². The Hall–Kier alpha value is 0.0900. The molecule has 0 aromatic rings. The number of allylic oxidation sites excluding steroid dienone is 1. The van der Waals surface area contributed by atoms with Gasteiger partial charge in [-0.3, -0.25) is 0 Å². The molecule has 0 saturated carbocycles. The highest BCUT2D eigenvalue weighted by Crippen LogP contribution is 2.47. The third-order valence-corrected chi connectivity index (χ3v) is 6.87. The minimum Gasteiger partial charge on any atom is -0.224 e. The van der Waals surface area contributed by atoms with Crippen LogP contribution in [0, 0.1) is 0 Å². The summed E-state index contributed by atoms with van der Waals surface area (Å²) in [5, 5.41) is 2.62. The smallest absolute Gasteiger partial charge is 0.0196 e. The first-order chi connectivity index (χ1) is 8.68. The van der Waals surface area contributed by atoms with Crippen LogP contribution < -0.4 is 0 Å². The SMILES string of the molecule is CCCCCC/C=C/S(C)(CCCC)CCCC. The molecule has 0 aliphatic rings. The molecule has 0 spiro atoms. The minimum atomic E-state index is -0.437. The molecule has 0 atom stereocenters. The molecule has 0 unspecified atom stereocenters. The second-order valence-electron chi connectivity index (χ2n) is 5.69. The van der Waals surface area contributed by atoms with Crippen molar-refractivity contribution in [2.45, 2.75) is 78.6 Å². The van der Waals surface area contributed by atoms with Crippen LogP contribution in [0.25, 0.3) is 0 Å². The fourth-order valence-corrected chi connectivity index (χ4v) is 5.15. The molecule has 0 aliphatic carbocycles. The molecule has 0 saturated heterocycles. The van der Waals surface area contributed by atoms with E-state index in [1.165, 1.54) is 69.3 Å². The molecule has 0 fully saturated rings. The molecule has 110 valence electrons. The first kappa shape index (κ1) is 18.1. The fourth-order valence-electron chi connectivity index (χ4n) is 2.18. The van der Waals surface area contributed by atoms with Crippen molar-refractivity contribution in [1.82, 2.24) is 0 Å². The lowest BCUT2D eigenvalue weighted by atomic mass is 10.2. The van der Waals surface area contributed by atoms with Gasteiger partial charge in [0.25, 0.3) is 0 Å². The van der Waals surface area contributed by atoms with Crippen molar-refractivity contribution in [3.05, 3.63) is 11.5 Å². The molecule has 0 heterocycles. The summed E-state index contributed by atoms with van der Waals surface area (Å²) in [6, 6.07) is 0. The lowest BCUT2D eigenvalue weighted by molar-refractivity contribution is 0.674. The van der Waals surface area contributed by atoms with E-state index in [-0.39, 0.29) is 0 Å². The molecule has 0 amide bonds. The van der Waals surface area contributed by atoms with Crippen LogP contribution in [-0.2, 0) is 0 Å². The van der Waals surface area contributed by atoms with Gasteiger partial charge in [-0.25, -0.2) is 10.0 Å². The zero-order valence-electron chi connectivity index (χ0n) is 13.3. The first-order valence-electron chi connectivity index (χ1n) is 8.08. The molecule has 0 aromatic carbocycles. The quantitative estimate of drug-likeness (QED) is 0.355. The Bertz CT molecular complexity index is 188. The van der Waals surface area contributed by atoms with E-state index in [2.05, 4.69) is 38.5 Å². The van der Waals surface area contributed by atoms with Gasteiger partial charge >= 0.3 is 0 Å². The molecular weight excluding hydrogens is 236 g/mol. The number of hydrogen-bond acceptors (Lipinski definition) is 0.